The number of hydrogen-bond acceptors (Lipinski definition) is 1. The van der Waals surface area contributed by atoms with E-state index in [2.05, 4.69) is 85.5 Å². The van der Waals surface area contributed by atoms with Gasteiger partial charge in [-0.2, -0.15) is 0 Å². The molecule has 1 unspecified atom stereocenters. The van der Waals surface area contributed by atoms with E-state index in [-0.39, 0.29) is 6.04 Å². The molecule has 6 rings (SSSR count). The van der Waals surface area contributed by atoms with E-state index in [1.165, 1.54) is 22.8 Å². The molecule has 0 aromatic heterocycles. The Kier molecular flexibility index (Phi) is 4.77. The van der Waals surface area contributed by atoms with Gasteiger partial charge in [0, 0.05) is 24.3 Å². The van der Waals surface area contributed by atoms with Gasteiger partial charge in [0.1, 0.15) is 18.7 Å². The first kappa shape index (κ1) is 18.6. The SMILES string of the molecule is C=C[C@H]1C[N+]2(Cc3ccccc3)CC[C@H]1C[C@@H]2[C@@H](O)c1cccc2ccccc12. The first-order valence-electron chi connectivity index (χ1n) is 10.9. The van der Waals surface area contributed by atoms with Crippen molar-refractivity contribution in [3.05, 3.63) is 96.6 Å². The third-order valence-electron chi connectivity index (χ3n) is 7.52. The van der Waals surface area contributed by atoms with Gasteiger partial charge >= 0.3 is 0 Å². The van der Waals surface area contributed by atoms with E-state index in [4.69, 9.17) is 0 Å². The van der Waals surface area contributed by atoms with Crippen LogP contribution in [0, 0.1) is 11.8 Å². The van der Waals surface area contributed by atoms with Gasteiger partial charge in [-0.3, -0.25) is 0 Å². The van der Waals surface area contributed by atoms with Crippen LogP contribution in [-0.2, 0) is 6.54 Å². The van der Waals surface area contributed by atoms with Gasteiger partial charge in [-0.25, -0.2) is 0 Å². The normalized spacial score (nSPS) is 29.6. The van der Waals surface area contributed by atoms with Crippen LogP contribution in [0.25, 0.3) is 10.8 Å². The van der Waals surface area contributed by atoms with Gasteiger partial charge in [0.2, 0.25) is 0 Å². The maximum Gasteiger partial charge on any atom is 0.131 e. The minimum absolute atomic E-state index is 0.232. The van der Waals surface area contributed by atoms with E-state index >= 15 is 0 Å². The summed E-state index contributed by atoms with van der Waals surface area (Å²) in [5.41, 5.74) is 2.45. The van der Waals surface area contributed by atoms with Gasteiger partial charge in [-0.1, -0.05) is 78.9 Å². The van der Waals surface area contributed by atoms with Crippen LogP contribution in [0.3, 0.4) is 0 Å². The summed E-state index contributed by atoms with van der Waals surface area (Å²) in [4.78, 5) is 0. The number of aliphatic hydroxyl groups is 1. The van der Waals surface area contributed by atoms with Crippen molar-refractivity contribution in [2.75, 3.05) is 13.1 Å². The fourth-order valence-corrected chi connectivity index (χ4v) is 6.04. The lowest BCUT2D eigenvalue weighted by Crippen LogP contribution is -2.67. The first-order valence-corrected chi connectivity index (χ1v) is 10.9. The van der Waals surface area contributed by atoms with Crippen LogP contribution in [0.4, 0.5) is 0 Å². The summed E-state index contributed by atoms with van der Waals surface area (Å²) in [5, 5.41) is 14.1. The molecular formula is C27H30NO+. The van der Waals surface area contributed by atoms with Crippen LogP contribution in [0.15, 0.2) is 85.5 Å². The molecule has 2 bridgehead atoms. The third-order valence-corrected chi connectivity index (χ3v) is 7.52. The molecule has 3 fully saturated rings. The quantitative estimate of drug-likeness (QED) is 0.456. The summed E-state index contributed by atoms with van der Waals surface area (Å²) in [6.45, 7) is 7.37. The molecule has 3 aromatic carbocycles. The highest BCUT2D eigenvalue weighted by atomic mass is 16.3. The molecule has 0 radical (unpaired) electrons. The third kappa shape index (κ3) is 3.21. The Morgan fingerprint density at radius 2 is 1.76 bits per heavy atom. The molecule has 1 N–H and O–H groups in total. The minimum atomic E-state index is -0.446. The fourth-order valence-electron chi connectivity index (χ4n) is 6.04. The molecule has 3 aliphatic heterocycles. The fraction of sp³-hybridized carbons (Fsp3) is 0.333. The van der Waals surface area contributed by atoms with Gasteiger partial charge in [0.15, 0.2) is 0 Å². The zero-order valence-electron chi connectivity index (χ0n) is 17.0. The number of aliphatic hydroxyl groups excluding tert-OH is 1. The zero-order chi connectivity index (χ0) is 19.8. The average molecular weight is 385 g/mol. The Morgan fingerprint density at radius 3 is 2.59 bits per heavy atom. The molecule has 0 aliphatic carbocycles. The van der Waals surface area contributed by atoms with E-state index in [9.17, 15) is 5.11 Å². The van der Waals surface area contributed by atoms with Gasteiger partial charge in [-0.15, -0.1) is 6.58 Å². The topological polar surface area (TPSA) is 20.2 Å². The van der Waals surface area contributed by atoms with Crippen molar-refractivity contribution in [3.8, 4) is 0 Å². The van der Waals surface area contributed by atoms with E-state index in [1.807, 2.05) is 0 Å². The summed E-state index contributed by atoms with van der Waals surface area (Å²) in [6, 6.07) is 25.8. The minimum Gasteiger partial charge on any atom is -0.382 e. The second kappa shape index (κ2) is 7.44. The molecular weight excluding hydrogens is 354 g/mol. The molecule has 5 atom stereocenters. The van der Waals surface area contributed by atoms with Crippen LogP contribution in [0.2, 0.25) is 0 Å². The predicted molar refractivity (Wildman–Crippen MR) is 119 cm³/mol. The second-order valence-electron chi connectivity index (χ2n) is 9.03. The van der Waals surface area contributed by atoms with Gasteiger partial charge < -0.3 is 9.59 Å². The predicted octanol–water partition coefficient (Wildman–Crippen LogP) is 5.48. The first-order chi connectivity index (χ1) is 14.2. The Bertz CT molecular complexity index is 1010. The van der Waals surface area contributed by atoms with Crippen LogP contribution >= 0.6 is 0 Å². The monoisotopic (exact) mass is 384 g/mol. The van der Waals surface area contributed by atoms with Crippen molar-refractivity contribution in [1.82, 2.24) is 0 Å². The van der Waals surface area contributed by atoms with Crippen LogP contribution < -0.4 is 0 Å². The molecule has 3 saturated heterocycles. The summed E-state index contributed by atoms with van der Waals surface area (Å²) in [6.07, 6.45) is 4.04. The highest BCUT2D eigenvalue weighted by Crippen LogP contribution is 2.48. The van der Waals surface area contributed by atoms with Gasteiger partial charge in [0.25, 0.3) is 0 Å². The molecule has 3 aliphatic rings. The molecule has 148 valence electrons. The average Bonchev–Trinajstić information content (AvgIpc) is 2.78. The Balaban J connectivity index is 1.56. The molecule has 29 heavy (non-hydrogen) atoms. The summed E-state index contributed by atoms with van der Waals surface area (Å²) < 4.78 is 0.974. The largest absolute Gasteiger partial charge is 0.382 e. The van der Waals surface area contributed by atoms with Crippen LogP contribution in [0.1, 0.15) is 30.1 Å². The standard InChI is InChI=1S/C27H30NO/c1-2-21-19-28(18-20-9-4-3-5-10-20)16-15-23(21)17-26(28)27(29)25-14-8-12-22-11-6-7-13-24(22)25/h2-14,21,23,26-27,29H,1,15-19H2/q+1/t21-,23-,26+,27-,28?/m0/s1. The molecule has 3 aromatic rings. The number of rotatable bonds is 5. The molecule has 2 heteroatoms. The number of benzene rings is 3. The highest BCUT2D eigenvalue weighted by molar-refractivity contribution is 5.86. The lowest BCUT2D eigenvalue weighted by Gasteiger charge is -2.58. The van der Waals surface area contributed by atoms with Crippen LogP contribution in [0.5, 0.6) is 0 Å². The van der Waals surface area contributed by atoms with Crippen molar-refractivity contribution in [2.24, 2.45) is 11.8 Å². The van der Waals surface area contributed by atoms with Gasteiger partial charge in [0.05, 0.1) is 13.1 Å². The number of fused-ring (bicyclic) bond motifs is 4. The maximum absolute atomic E-state index is 11.7. The van der Waals surface area contributed by atoms with E-state index in [0.29, 0.717) is 11.8 Å². The molecule has 0 saturated carbocycles. The molecule has 3 heterocycles. The Morgan fingerprint density at radius 1 is 1.00 bits per heavy atom. The second-order valence-corrected chi connectivity index (χ2v) is 9.03. The van der Waals surface area contributed by atoms with Crippen molar-refractivity contribution >= 4 is 10.8 Å². The maximum atomic E-state index is 11.7. The molecule has 0 spiro atoms. The van der Waals surface area contributed by atoms with E-state index in [1.54, 1.807) is 0 Å². The zero-order valence-corrected chi connectivity index (χ0v) is 17.0. The lowest BCUT2D eigenvalue weighted by molar-refractivity contribution is -0.984. The molecule has 2 nitrogen and oxygen atoms in total. The Labute approximate surface area is 173 Å². The number of hydrogen-bond donors (Lipinski definition) is 1. The van der Waals surface area contributed by atoms with Crippen molar-refractivity contribution < 1.29 is 9.59 Å². The van der Waals surface area contributed by atoms with Crippen molar-refractivity contribution in [2.45, 2.75) is 31.5 Å². The van der Waals surface area contributed by atoms with Crippen LogP contribution in [-0.4, -0.2) is 28.7 Å². The smallest absolute Gasteiger partial charge is 0.131 e. The summed E-state index contributed by atoms with van der Waals surface area (Å²) in [7, 11) is 0. The lowest BCUT2D eigenvalue weighted by atomic mass is 9.71. The number of quaternary nitrogens is 1. The molecule has 0 amide bonds. The highest BCUT2D eigenvalue weighted by Gasteiger charge is 2.53. The Hall–Kier alpha value is -2.42. The van der Waals surface area contributed by atoms with Gasteiger partial charge in [-0.05, 0) is 22.3 Å². The van der Waals surface area contributed by atoms with E-state index < -0.39 is 6.10 Å². The van der Waals surface area contributed by atoms with Crippen molar-refractivity contribution in [1.29, 1.82) is 0 Å². The number of piperidine rings is 3. The van der Waals surface area contributed by atoms with E-state index in [0.717, 1.165) is 36.1 Å². The number of nitrogens with zero attached hydrogens (tertiary/aromatic N) is 1. The van der Waals surface area contributed by atoms with Crippen molar-refractivity contribution in [3.63, 3.8) is 0 Å². The summed E-state index contributed by atoms with van der Waals surface area (Å²) in [5.74, 6) is 1.21. The summed E-state index contributed by atoms with van der Waals surface area (Å²) >= 11 is 0.